The van der Waals surface area contributed by atoms with Crippen molar-refractivity contribution in [2.45, 2.75) is 6.61 Å². The van der Waals surface area contributed by atoms with Crippen molar-refractivity contribution >= 4 is 0 Å². The van der Waals surface area contributed by atoms with Crippen LogP contribution in [0.4, 0.5) is 4.39 Å². The summed E-state index contributed by atoms with van der Waals surface area (Å²) in [5.74, 6) is -0.326. The highest BCUT2D eigenvalue weighted by Crippen LogP contribution is 2.24. The molecular weight excluding hydrogens is 173 g/mol. The maximum absolute atomic E-state index is 12.8. The van der Waals surface area contributed by atoms with E-state index in [9.17, 15) is 4.39 Å². The predicted octanol–water partition coefficient (Wildman–Crippen LogP) is 1.20. The van der Waals surface area contributed by atoms with Crippen LogP contribution in [0.3, 0.4) is 0 Å². The van der Waals surface area contributed by atoms with Crippen LogP contribution in [0.25, 0.3) is 0 Å². The van der Waals surface area contributed by atoms with E-state index in [1.807, 2.05) is 0 Å². The first-order valence-corrected chi connectivity index (χ1v) is 3.60. The minimum absolute atomic E-state index is 0.0894. The maximum atomic E-state index is 12.8. The highest BCUT2D eigenvalue weighted by Gasteiger charge is 2.10. The second-order valence-electron chi connectivity index (χ2n) is 2.42. The summed E-state index contributed by atoms with van der Waals surface area (Å²) in [6.07, 6.45) is 0. The molecule has 0 saturated heterocycles. The Morgan fingerprint density at radius 3 is 2.77 bits per heavy atom. The Hall–Kier alpha value is -1.60. The normalized spacial score (nSPS) is 9.38. The third kappa shape index (κ3) is 1.76. The zero-order valence-electron chi connectivity index (χ0n) is 7.04. The molecule has 1 aromatic rings. The number of benzene rings is 1. The number of hydrogen-bond acceptors (Lipinski definition) is 3. The lowest BCUT2D eigenvalue weighted by Crippen LogP contribution is -1.96. The molecule has 0 atom stereocenters. The number of rotatable bonds is 2. The lowest BCUT2D eigenvalue weighted by Gasteiger charge is -2.07. The Bertz CT molecular complexity index is 357. The third-order valence-corrected chi connectivity index (χ3v) is 1.63. The maximum Gasteiger partial charge on any atom is 0.142 e. The molecule has 1 rings (SSSR count). The molecule has 4 heteroatoms. The number of nitriles is 1. The van der Waals surface area contributed by atoms with Crippen molar-refractivity contribution < 1.29 is 14.2 Å². The zero-order chi connectivity index (χ0) is 9.84. The minimum Gasteiger partial charge on any atom is -0.495 e. The van der Waals surface area contributed by atoms with Crippen molar-refractivity contribution in [2.24, 2.45) is 0 Å². The highest BCUT2D eigenvalue weighted by molar-refractivity contribution is 5.48. The molecule has 1 aromatic carbocycles. The van der Waals surface area contributed by atoms with E-state index in [0.29, 0.717) is 0 Å². The van der Waals surface area contributed by atoms with Crippen molar-refractivity contribution in [3.8, 4) is 11.8 Å². The van der Waals surface area contributed by atoms with Gasteiger partial charge in [-0.1, -0.05) is 0 Å². The SMILES string of the molecule is COc1c(C#N)cc(F)cc1CO. The smallest absolute Gasteiger partial charge is 0.142 e. The van der Waals surface area contributed by atoms with Crippen LogP contribution in [-0.2, 0) is 6.61 Å². The van der Waals surface area contributed by atoms with Gasteiger partial charge in [-0.2, -0.15) is 5.26 Å². The molecule has 0 radical (unpaired) electrons. The van der Waals surface area contributed by atoms with Crippen LogP contribution in [0.1, 0.15) is 11.1 Å². The Balaban J connectivity index is 3.36. The summed E-state index contributed by atoms with van der Waals surface area (Å²) in [6.45, 7) is -0.352. The quantitative estimate of drug-likeness (QED) is 0.745. The molecule has 3 nitrogen and oxygen atoms in total. The molecule has 0 aliphatic heterocycles. The summed E-state index contributed by atoms with van der Waals surface area (Å²) in [6, 6.07) is 3.99. The molecule has 0 unspecified atom stereocenters. The van der Waals surface area contributed by atoms with E-state index in [4.69, 9.17) is 15.1 Å². The standard InChI is InChI=1S/C9H8FNO2/c1-13-9-6(4-11)2-8(10)3-7(9)5-12/h2-3,12H,5H2,1H3. The van der Waals surface area contributed by atoms with Gasteiger partial charge in [0.05, 0.1) is 19.3 Å². The van der Waals surface area contributed by atoms with Gasteiger partial charge in [0.15, 0.2) is 0 Å². The third-order valence-electron chi connectivity index (χ3n) is 1.63. The fourth-order valence-electron chi connectivity index (χ4n) is 1.09. The van der Waals surface area contributed by atoms with Crippen LogP contribution in [0.2, 0.25) is 0 Å². The van der Waals surface area contributed by atoms with Crippen molar-refractivity contribution in [1.29, 1.82) is 5.26 Å². The number of hydrogen-bond donors (Lipinski definition) is 1. The fraction of sp³-hybridized carbons (Fsp3) is 0.222. The monoisotopic (exact) mass is 181 g/mol. The second-order valence-corrected chi connectivity index (χ2v) is 2.42. The Kier molecular flexibility index (Phi) is 2.83. The number of aliphatic hydroxyl groups excluding tert-OH is 1. The van der Waals surface area contributed by atoms with Crippen LogP contribution in [0.15, 0.2) is 12.1 Å². The fourth-order valence-corrected chi connectivity index (χ4v) is 1.09. The average molecular weight is 181 g/mol. The van der Waals surface area contributed by atoms with Gasteiger partial charge in [0.2, 0.25) is 0 Å². The molecule has 0 saturated carbocycles. The molecule has 0 bridgehead atoms. The molecule has 13 heavy (non-hydrogen) atoms. The van der Waals surface area contributed by atoms with E-state index in [-0.39, 0.29) is 23.5 Å². The minimum atomic E-state index is -0.554. The van der Waals surface area contributed by atoms with Gasteiger partial charge in [0.1, 0.15) is 17.6 Å². The highest BCUT2D eigenvalue weighted by atomic mass is 19.1. The van der Waals surface area contributed by atoms with Crippen molar-refractivity contribution in [3.63, 3.8) is 0 Å². The van der Waals surface area contributed by atoms with Gasteiger partial charge in [-0.25, -0.2) is 4.39 Å². The van der Waals surface area contributed by atoms with E-state index in [1.165, 1.54) is 7.11 Å². The molecule has 0 spiro atoms. The first kappa shape index (κ1) is 9.49. The van der Waals surface area contributed by atoms with Gasteiger partial charge in [0.25, 0.3) is 0 Å². The lowest BCUT2D eigenvalue weighted by atomic mass is 10.1. The summed E-state index contributed by atoms with van der Waals surface area (Å²) >= 11 is 0. The van der Waals surface area contributed by atoms with Crippen LogP contribution < -0.4 is 4.74 Å². The number of halogens is 1. The Morgan fingerprint density at radius 2 is 2.31 bits per heavy atom. The molecule has 1 N–H and O–H groups in total. The topological polar surface area (TPSA) is 53.2 Å². The van der Waals surface area contributed by atoms with Crippen molar-refractivity contribution in [1.82, 2.24) is 0 Å². The van der Waals surface area contributed by atoms with E-state index in [0.717, 1.165) is 12.1 Å². The molecule has 0 amide bonds. The van der Waals surface area contributed by atoms with Crippen molar-refractivity contribution in [3.05, 3.63) is 29.1 Å². The summed E-state index contributed by atoms with van der Waals surface area (Å²) < 4.78 is 17.7. The largest absolute Gasteiger partial charge is 0.495 e. The summed E-state index contributed by atoms with van der Waals surface area (Å²) in [7, 11) is 1.37. The molecule has 0 aliphatic carbocycles. The van der Waals surface area contributed by atoms with Gasteiger partial charge >= 0.3 is 0 Å². The van der Waals surface area contributed by atoms with Gasteiger partial charge in [-0.05, 0) is 12.1 Å². The molecule has 0 aliphatic rings. The first-order chi connectivity index (χ1) is 6.22. The van der Waals surface area contributed by atoms with Gasteiger partial charge in [-0.3, -0.25) is 0 Å². The number of ether oxygens (including phenoxy) is 1. The number of nitrogens with zero attached hydrogens (tertiary/aromatic N) is 1. The van der Waals surface area contributed by atoms with E-state index in [1.54, 1.807) is 6.07 Å². The summed E-state index contributed by atoms with van der Waals surface area (Å²) in [5, 5.41) is 17.5. The van der Waals surface area contributed by atoms with Crippen LogP contribution >= 0.6 is 0 Å². The van der Waals surface area contributed by atoms with Crippen LogP contribution in [-0.4, -0.2) is 12.2 Å². The van der Waals surface area contributed by atoms with E-state index < -0.39 is 5.82 Å². The van der Waals surface area contributed by atoms with Gasteiger partial charge in [0, 0.05) is 5.56 Å². The number of aliphatic hydroxyl groups is 1. The molecule has 0 aromatic heterocycles. The zero-order valence-corrected chi connectivity index (χ0v) is 7.04. The van der Waals surface area contributed by atoms with Crippen LogP contribution in [0, 0.1) is 17.1 Å². The lowest BCUT2D eigenvalue weighted by molar-refractivity contribution is 0.273. The van der Waals surface area contributed by atoms with Gasteiger partial charge in [-0.15, -0.1) is 0 Å². The first-order valence-electron chi connectivity index (χ1n) is 3.60. The summed E-state index contributed by atoms with van der Waals surface area (Å²) in [4.78, 5) is 0. The molecular formula is C9H8FNO2. The predicted molar refractivity (Wildman–Crippen MR) is 43.6 cm³/mol. The van der Waals surface area contributed by atoms with E-state index in [2.05, 4.69) is 0 Å². The van der Waals surface area contributed by atoms with Crippen molar-refractivity contribution in [2.75, 3.05) is 7.11 Å². The molecule has 68 valence electrons. The Morgan fingerprint density at radius 1 is 1.62 bits per heavy atom. The second kappa shape index (κ2) is 3.87. The van der Waals surface area contributed by atoms with Gasteiger partial charge < -0.3 is 9.84 Å². The Labute approximate surface area is 75.0 Å². The average Bonchev–Trinajstić information content (AvgIpc) is 2.16. The number of methoxy groups -OCH3 is 1. The molecule has 0 fully saturated rings. The summed E-state index contributed by atoms with van der Waals surface area (Å²) in [5.41, 5.74) is 0.366. The van der Waals surface area contributed by atoms with E-state index >= 15 is 0 Å². The van der Waals surface area contributed by atoms with Crippen LogP contribution in [0.5, 0.6) is 5.75 Å². The molecule has 0 heterocycles.